The molecule has 1 aliphatic heterocycles. The van der Waals surface area contributed by atoms with Crippen LogP contribution in [0.3, 0.4) is 0 Å². The molecule has 1 aliphatic rings. The van der Waals surface area contributed by atoms with Crippen LogP contribution in [0, 0.1) is 11.7 Å². The maximum atomic E-state index is 13.4. The molecule has 1 aromatic carbocycles. The highest BCUT2D eigenvalue weighted by molar-refractivity contribution is 5.95. The van der Waals surface area contributed by atoms with E-state index < -0.39 is 17.8 Å². The van der Waals surface area contributed by atoms with Gasteiger partial charge in [0.05, 0.1) is 23.8 Å². The van der Waals surface area contributed by atoms with Crippen molar-refractivity contribution in [1.82, 2.24) is 14.7 Å². The highest BCUT2D eigenvalue weighted by Crippen LogP contribution is 2.37. The van der Waals surface area contributed by atoms with Crippen LogP contribution in [-0.2, 0) is 16.6 Å². The molecule has 3 rings (SSSR count). The number of phenolic OH excluding ortho intramolecular Hbond substituents is 1. The average molecular weight is 346 g/mol. The van der Waals surface area contributed by atoms with Crippen molar-refractivity contribution >= 4 is 17.5 Å². The largest absolute Gasteiger partial charge is 0.506 e. The number of carbonyl (C=O) groups excluding carboxylic acids is 2. The predicted octanol–water partition coefficient (Wildman–Crippen LogP) is 1.81. The molecule has 2 unspecified atom stereocenters. The van der Waals surface area contributed by atoms with Crippen LogP contribution in [0.4, 0.5) is 10.1 Å². The van der Waals surface area contributed by atoms with E-state index in [1.54, 1.807) is 31.2 Å². The van der Waals surface area contributed by atoms with Gasteiger partial charge in [-0.25, -0.2) is 4.39 Å². The van der Waals surface area contributed by atoms with Crippen molar-refractivity contribution in [3.8, 4) is 5.75 Å². The van der Waals surface area contributed by atoms with Crippen molar-refractivity contribution in [1.29, 1.82) is 0 Å². The first-order valence-electron chi connectivity index (χ1n) is 7.90. The standard InChI is InChI=1S/C17H19FN4O3/c1-21-9-10(8-19-21)16-12(4-6-15(24)22(16)2)17(25)20-13-7-11(18)3-5-14(13)23/h3,5,7-9,12,16,23H,4,6H2,1-2H3,(H,20,25). The number of hydrogen-bond donors (Lipinski definition) is 2. The van der Waals surface area contributed by atoms with Crippen molar-refractivity contribution in [3.05, 3.63) is 42.0 Å². The van der Waals surface area contributed by atoms with E-state index >= 15 is 0 Å². The van der Waals surface area contributed by atoms with Crippen molar-refractivity contribution in [2.75, 3.05) is 12.4 Å². The van der Waals surface area contributed by atoms with E-state index in [4.69, 9.17) is 0 Å². The summed E-state index contributed by atoms with van der Waals surface area (Å²) >= 11 is 0. The minimum Gasteiger partial charge on any atom is -0.506 e. The van der Waals surface area contributed by atoms with Crippen molar-refractivity contribution in [2.24, 2.45) is 13.0 Å². The van der Waals surface area contributed by atoms with E-state index in [0.717, 1.165) is 17.7 Å². The smallest absolute Gasteiger partial charge is 0.230 e. The van der Waals surface area contributed by atoms with Crippen LogP contribution >= 0.6 is 0 Å². The molecule has 0 bridgehead atoms. The molecule has 1 aromatic heterocycles. The fraction of sp³-hybridized carbons (Fsp3) is 0.353. The van der Waals surface area contributed by atoms with Gasteiger partial charge in [-0.3, -0.25) is 14.3 Å². The van der Waals surface area contributed by atoms with Crippen molar-refractivity contribution in [3.63, 3.8) is 0 Å². The minimum absolute atomic E-state index is 0.00879. The second kappa shape index (κ2) is 6.54. The van der Waals surface area contributed by atoms with Gasteiger partial charge in [0.1, 0.15) is 11.6 Å². The Kier molecular flexibility index (Phi) is 4.43. The van der Waals surface area contributed by atoms with Gasteiger partial charge < -0.3 is 15.3 Å². The van der Waals surface area contributed by atoms with E-state index in [1.807, 2.05) is 0 Å². The van der Waals surface area contributed by atoms with E-state index in [2.05, 4.69) is 10.4 Å². The van der Waals surface area contributed by atoms with Gasteiger partial charge in [-0.2, -0.15) is 5.10 Å². The summed E-state index contributed by atoms with van der Waals surface area (Å²) in [5.41, 5.74) is 0.760. The fourth-order valence-electron chi connectivity index (χ4n) is 3.20. The van der Waals surface area contributed by atoms with E-state index in [-0.39, 0.29) is 29.7 Å². The van der Waals surface area contributed by atoms with Crippen LogP contribution in [0.5, 0.6) is 5.75 Å². The van der Waals surface area contributed by atoms with Gasteiger partial charge in [0, 0.05) is 38.3 Å². The zero-order valence-electron chi connectivity index (χ0n) is 13.9. The van der Waals surface area contributed by atoms with E-state index in [0.29, 0.717) is 6.42 Å². The summed E-state index contributed by atoms with van der Waals surface area (Å²) < 4.78 is 15.0. The number of hydrogen-bond acceptors (Lipinski definition) is 4. The molecule has 0 radical (unpaired) electrons. The maximum absolute atomic E-state index is 13.4. The van der Waals surface area contributed by atoms with Gasteiger partial charge in [-0.1, -0.05) is 0 Å². The number of benzene rings is 1. The third-order valence-electron chi connectivity index (χ3n) is 4.48. The molecule has 25 heavy (non-hydrogen) atoms. The highest BCUT2D eigenvalue weighted by atomic mass is 19.1. The number of amides is 2. The Morgan fingerprint density at radius 3 is 2.84 bits per heavy atom. The molecule has 1 fully saturated rings. The predicted molar refractivity (Wildman–Crippen MR) is 88.1 cm³/mol. The molecule has 2 aromatic rings. The first-order valence-corrected chi connectivity index (χ1v) is 7.90. The second-order valence-corrected chi connectivity index (χ2v) is 6.19. The Bertz CT molecular complexity index is 820. The maximum Gasteiger partial charge on any atom is 0.230 e. The Morgan fingerprint density at radius 2 is 2.16 bits per heavy atom. The van der Waals surface area contributed by atoms with Gasteiger partial charge in [0.25, 0.3) is 0 Å². The molecule has 0 aliphatic carbocycles. The topological polar surface area (TPSA) is 87.5 Å². The minimum atomic E-state index is -0.562. The van der Waals surface area contributed by atoms with Crippen molar-refractivity contribution < 1.29 is 19.1 Å². The van der Waals surface area contributed by atoms with Crippen LogP contribution in [0.2, 0.25) is 0 Å². The van der Waals surface area contributed by atoms with Gasteiger partial charge in [0.2, 0.25) is 11.8 Å². The summed E-state index contributed by atoms with van der Waals surface area (Å²) in [5, 5.41) is 16.5. The zero-order chi connectivity index (χ0) is 18.1. The first kappa shape index (κ1) is 16.9. The van der Waals surface area contributed by atoms with Crippen LogP contribution in [-0.4, -0.2) is 38.6 Å². The summed E-state index contributed by atoms with van der Waals surface area (Å²) in [4.78, 5) is 26.4. The van der Waals surface area contributed by atoms with Gasteiger partial charge in [-0.05, 0) is 18.6 Å². The third kappa shape index (κ3) is 3.33. The lowest BCUT2D eigenvalue weighted by atomic mass is 9.85. The number of rotatable bonds is 3. The van der Waals surface area contributed by atoms with Crippen LogP contribution in [0.25, 0.3) is 0 Å². The molecule has 2 atom stereocenters. The number of aromatic nitrogens is 2. The van der Waals surface area contributed by atoms with Gasteiger partial charge in [0.15, 0.2) is 0 Å². The molecule has 0 saturated carbocycles. The zero-order valence-corrected chi connectivity index (χ0v) is 13.9. The Morgan fingerprint density at radius 1 is 1.40 bits per heavy atom. The summed E-state index contributed by atoms with van der Waals surface area (Å²) in [7, 11) is 3.41. The van der Waals surface area contributed by atoms with Gasteiger partial charge >= 0.3 is 0 Å². The lowest BCUT2D eigenvalue weighted by molar-refractivity contribution is -0.140. The van der Waals surface area contributed by atoms with Crippen LogP contribution < -0.4 is 5.32 Å². The molecule has 0 spiro atoms. The fourth-order valence-corrected chi connectivity index (χ4v) is 3.20. The van der Waals surface area contributed by atoms with Crippen LogP contribution in [0.15, 0.2) is 30.6 Å². The van der Waals surface area contributed by atoms with Crippen molar-refractivity contribution in [2.45, 2.75) is 18.9 Å². The molecule has 132 valence electrons. The summed E-state index contributed by atoms with van der Waals surface area (Å²) in [6.07, 6.45) is 4.00. The molecular weight excluding hydrogens is 327 g/mol. The quantitative estimate of drug-likeness (QED) is 0.830. The monoisotopic (exact) mass is 346 g/mol. The second-order valence-electron chi connectivity index (χ2n) is 6.19. The number of phenols is 1. The molecule has 2 heterocycles. The molecule has 2 amide bonds. The lowest BCUT2D eigenvalue weighted by Gasteiger charge is -2.37. The Labute approximate surface area is 144 Å². The number of halogens is 1. The Hall–Kier alpha value is -2.90. The Balaban J connectivity index is 1.88. The van der Waals surface area contributed by atoms with E-state index in [9.17, 15) is 19.1 Å². The molecular formula is C17H19FN4O3. The summed E-state index contributed by atoms with van der Waals surface area (Å²) in [6.45, 7) is 0. The number of piperidine rings is 1. The molecule has 7 nitrogen and oxygen atoms in total. The number of anilines is 1. The molecule has 1 saturated heterocycles. The van der Waals surface area contributed by atoms with E-state index in [1.165, 1.54) is 11.0 Å². The summed E-state index contributed by atoms with van der Waals surface area (Å²) in [5.74, 6) is -1.74. The third-order valence-corrected chi connectivity index (χ3v) is 4.48. The van der Waals surface area contributed by atoms with Crippen LogP contribution in [0.1, 0.15) is 24.4 Å². The first-order chi connectivity index (χ1) is 11.9. The number of aromatic hydroxyl groups is 1. The average Bonchev–Trinajstić information content (AvgIpc) is 2.99. The molecule has 8 heteroatoms. The number of likely N-dealkylation sites (tertiary alicyclic amines) is 1. The number of aryl methyl sites for hydroxylation is 1. The normalized spacial score (nSPS) is 20.6. The SMILES string of the molecule is CN1C(=O)CCC(C(=O)Nc2cc(F)ccc2O)C1c1cnn(C)c1. The molecule has 2 N–H and O–H groups in total. The lowest BCUT2D eigenvalue weighted by Crippen LogP contribution is -2.44. The number of nitrogens with zero attached hydrogens (tertiary/aromatic N) is 3. The number of nitrogens with one attached hydrogen (secondary N) is 1. The van der Waals surface area contributed by atoms with Gasteiger partial charge in [-0.15, -0.1) is 0 Å². The highest BCUT2D eigenvalue weighted by Gasteiger charge is 2.39. The number of carbonyl (C=O) groups is 2. The summed E-state index contributed by atoms with van der Waals surface area (Å²) in [6, 6.07) is 2.88.